The van der Waals surface area contributed by atoms with Crippen LogP contribution in [0.25, 0.3) is 5.57 Å². The zero-order valence-electron chi connectivity index (χ0n) is 15.5. The molecule has 0 saturated carbocycles. The number of aryl methyl sites for hydroxylation is 2. The van der Waals surface area contributed by atoms with E-state index in [1.165, 1.54) is 6.07 Å². The van der Waals surface area contributed by atoms with E-state index >= 15 is 8.63 Å². The molecule has 0 unspecified atom stereocenters. The molecule has 0 amide bonds. The van der Waals surface area contributed by atoms with Crippen molar-refractivity contribution in [1.29, 1.82) is 0 Å². The molecule has 1 aromatic carbocycles. The van der Waals surface area contributed by atoms with E-state index in [4.69, 9.17) is 0 Å². The summed E-state index contributed by atoms with van der Waals surface area (Å²) in [6.45, 7) is 4.75. The molecule has 134 valence electrons. The van der Waals surface area contributed by atoms with Crippen LogP contribution in [-0.2, 0) is 0 Å². The molecular weight excluding hydrogens is 336 g/mol. The molecule has 0 bridgehead atoms. The van der Waals surface area contributed by atoms with E-state index in [1.807, 2.05) is 19.9 Å². The quantitative estimate of drug-likeness (QED) is 0.637. The SMILES string of the molecule is CC1=CC(C)=[N+]2C1=C(c1cccc(F)c1C)c1c(C)cc(C)n1[B-]2(F)F. The van der Waals surface area contributed by atoms with Crippen molar-refractivity contribution in [3.05, 3.63) is 75.5 Å². The van der Waals surface area contributed by atoms with Crippen molar-refractivity contribution in [1.82, 2.24) is 4.48 Å². The van der Waals surface area contributed by atoms with E-state index in [-0.39, 0.29) is 5.82 Å². The van der Waals surface area contributed by atoms with Gasteiger partial charge in [0.2, 0.25) is 0 Å². The fourth-order valence-corrected chi connectivity index (χ4v) is 4.43. The number of nitrogens with zero attached hydrogens (tertiary/aromatic N) is 2. The van der Waals surface area contributed by atoms with Gasteiger partial charge in [-0.15, -0.1) is 0 Å². The summed E-state index contributed by atoms with van der Waals surface area (Å²) in [5.41, 5.74) is 5.31. The number of hydrogen-bond donors (Lipinski definition) is 0. The van der Waals surface area contributed by atoms with Crippen molar-refractivity contribution in [2.45, 2.75) is 34.6 Å². The minimum atomic E-state index is -4.00. The van der Waals surface area contributed by atoms with Crippen LogP contribution in [0.4, 0.5) is 13.0 Å². The van der Waals surface area contributed by atoms with E-state index < -0.39 is 6.97 Å². The van der Waals surface area contributed by atoms with Crippen LogP contribution in [0.5, 0.6) is 0 Å². The number of benzene rings is 1. The van der Waals surface area contributed by atoms with Gasteiger partial charge < -0.3 is 17.6 Å². The topological polar surface area (TPSA) is 7.94 Å². The summed E-state index contributed by atoms with van der Waals surface area (Å²) in [6, 6.07) is 6.61. The van der Waals surface area contributed by atoms with Gasteiger partial charge in [-0.2, -0.15) is 0 Å². The highest BCUT2D eigenvalue weighted by atomic mass is 19.2. The zero-order chi connectivity index (χ0) is 19.0. The fourth-order valence-electron chi connectivity index (χ4n) is 4.43. The van der Waals surface area contributed by atoms with Gasteiger partial charge in [0.05, 0.1) is 5.57 Å². The molecule has 0 atom stereocenters. The van der Waals surface area contributed by atoms with Crippen molar-refractivity contribution in [3.8, 4) is 0 Å². The van der Waals surface area contributed by atoms with Gasteiger partial charge in [-0.05, 0) is 62.2 Å². The standard InChI is InChI=1S/C20H20BF3N2/c1-11-9-13(3)25-19(11)18(16-7-6-8-17(22)15(16)5)20-12(2)10-14(4)26(20)21(25,23)24/h6-10H,1-5H3. The molecule has 6 heteroatoms. The molecule has 0 aliphatic carbocycles. The van der Waals surface area contributed by atoms with Gasteiger partial charge in [-0.3, -0.25) is 0 Å². The molecule has 0 radical (unpaired) electrons. The molecule has 4 rings (SSSR count). The highest BCUT2D eigenvalue weighted by Crippen LogP contribution is 2.44. The number of hydrogen-bond acceptors (Lipinski definition) is 0. The summed E-state index contributed by atoms with van der Waals surface area (Å²) < 4.78 is 47.6. The molecule has 0 fully saturated rings. The Labute approximate surface area is 151 Å². The molecule has 2 aliphatic rings. The maximum Gasteiger partial charge on any atom is 0.737 e. The maximum atomic E-state index is 15.5. The lowest BCUT2D eigenvalue weighted by Crippen LogP contribution is -2.51. The van der Waals surface area contributed by atoms with Gasteiger partial charge >= 0.3 is 6.97 Å². The lowest BCUT2D eigenvalue weighted by atomic mass is 9.83. The van der Waals surface area contributed by atoms with Crippen molar-refractivity contribution >= 4 is 18.3 Å². The second-order valence-corrected chi connectivity index (χ2v) is 7.25. The lowest BCUT2D eigenvalue weighted by molar-refractivity contribution is -0.363. The van der Waals surface area contributed by atoms with Crippen LogP contribution in [0.3, 0.4) is 0 Å². The van der Waals surface area contributed by atoms with Crippen LogP contribution in [0.1, 0.15) is 41.9 Å². The van der Waals surface area contributed by atoms with Gasteiger partial charge in [0.25, 0.3) is 0 Å². The summed E-state index contributed by atoms with van der Waals surface area (Å²) in [4.78, 5) is 0. The second kappa shape index (κ2) is 5.25. The van der Waals surface area contributed by atoms with Crippen LogP contribution >= 0.6 is 0 Å². The number of halogens is 3. The maximum absolute atomic E-state index is 15.5. The number of fused-ring (bicyclic) bond motifs is 2. The lowest BCUT2D eigenvalue weighted by Gasteiger charge is -2.34. The van der Waals surface area contributed by atoms with Gasteiger partial charge in [-0.1, -0.05) is 12.1 Å². The van der Waals surface area contributed by atoms with Gasteiger partial charge in [0, 0.05) is 24.3 Å². The van der Waals surface area contributed by atoms with E-state index in [0.717, 1.165) is 20.1 Å². The molecule has 2 nitrogen and oxygen atoms in total. The van der Waals surface area contributed by atoms with Gasteiger partial charge in [0.15, 0.2) is 5.70 Å². The Morgan fingerprint density at radius 3 is 2.42 bits per heavy atom. The minimum Gasteiger partial charge on any atom is -0.393 e. The van der Waals surface area contributed by atoms with Gasteiger partial charge in [-0.25, -0.2) is 4.39 Å². The van der Waals surface area contributed by atoms with Crippen LogP contribution in [0.15, 0.2) is 41.6 Å². The van der Waals surface area contributed by atoms with Crippen LogP contribution in [-0.4, -0.2) is 21.6 Å². The molecule has 0 N–H and O–H groups in total. The largest absolute Gasteiger partial charge is 0.737 e. The zero-order valence-corrected chi connectivity index (χ0v) is 15.5. The first-order chi connectivity index (χ1) is 12.2. The average Bonchev–Trinajstić information content (AvgIpc) is 3.01. The Morgan fingerprint density at radius 2 is 1.73 bits per heavy atom. The van der Waals surface area contributed by atoms with Crippen molar-refractivity contribution in [2.75, 3.05) is 0 Å². The molecular formula is C20H20BF3N2. The first-order valence-electron chi connectivity index (χ1n) is 8.68. The Morgan fingerprint density at radius 1 is 1.04 bits per heavy atom. The number of aromatic nitrogens is 1. The van der Waals surface area contributed by atoms with Gasteiger partial charge in [0.1, 0.15) is 11.5 Å². The van der Waals surface area contributed by atoms with Crippen LogP contribution < -0.4 is 0 Å². The van der Waals surface area contributed by atoms with Crippen molar-refractivity contribution < 1.29 is 17.5 Å². The van der Waals surface area contributed by atoms with E-state index in [2.05, 4.69) is 0 Å². The van der Waals surface area contributed by atoms with Crippen molar-refractivity contribution in [2.24, 2.45) is 0 Å². The highest BCUT2D eigenvalue weighted by molar-refractivity contribution is 6.58. The summed E-state index contributed by atoms with van der Waals surface area (Å²) in [5, 5.41) is 0. The molecule has 2 aromatic rings. The molecule has 0 spiro atoms. The molecule has 0 saturated heterocycles. The molecule has 1 aromatic heterocycles. The van der Waals surface area contributed by atoms with E-state index in [1.54, 1.807) is 39.0 Å². The fraction of sp³-hybridized carbons (Fsp3) is 0.250. The molecule has 2 aliphatic heterocycles. The average molecular weight is 356 g/mol. The van der Waals surface area contributed by atoms with E-state index in [0.29, 0.717) is 39.5 Å². The summed E-state index contributed by atoms with van der Waals surface area (Å²) in [7, 11) is 0. The first kappa shape index (κ1) is 16.9. The summed E-state index contributed by atoms with van der Waals surface area (Å²) >= 11 is 0. The smallest absolute Gasteiger partial charge is 0.393 e. The third-order valence-electron chi connectivity index (χ3n) is 5.47. The van der Waals surface area contributed by atoms with Crippen molar-refractivity contribution in [3.63, 3.8) is 0 Å². The Balaban J connectivity index is 2.22. The summed E-state index contributed by atoms with van der Waals surface area (Å²) in [5.74, 6) is -0.335. The van der Waals surface area contributed by atoms with E-state index in [9.17, 15) is 4.39 Å². The minimum absolute atomic E-state index is 0.335. The van der Waals surface area contributed by atoms with Crippen LogP contribution in [0.2, 0.25) is 0 Å². The molecule has 26 heavy (non-hydrogen) atoms. The molecule has 3 heterocycles. The van der Waals surface area contributed by atoms with Crippen LogP contribution in [0, 0.1) is 26.6 Å². The number of allylic oxidation sites excluding steroid dienone is 2. The monoisotopic (exact) mass is 356 g/mol. The third-order valence-corrected chi connectivity index (χ3v) is 5.47. The summed E-state index contributed by atoms with van der Waals surface area (Å²) in [6.07, 6.45) is 1.77. The Kier molecular flexibility index (Phi) is 3.42. The predicted octanol–water partition coefficient (Wildman–Crippen LogP) is 4.98. The third kappa shape index (κ3) is 1.98. The highest BCUT2D eigenvalue weighted by Gasteiger charge is 2.55. The normalized spacial score (nSPS) is 18.2. The Bertz CT molecular complexity index is 1070. The Hall–Kier alpha value is -2.50. The predicted molar refractivity (Wildman–Crippen MR) is 99.1 cm³/mol. The number of rotatable bonds is 1. The second-order valence-electron chi connectivity index (χ2n) is 7.25. The first-order valence-corrected chi connectivity index (χ1v) is 8.68.